The molecular weight excluding hydrogens is 334 g/mol. The molecule has 0 unspecified atom stereocenters. The molecule has 26 heavy (non-hydrogen) atoms. The van der Waals surface area contributed by atoms with Crippen molar-refractivity contribution in [1.82, 2.24) is 20.2 Å². The summed E-state index contributed by atoms with van der Waals surface area (Å²) < 4.78 is 12.5. The topological polar surface area (TPSA) is 95.1 Å². The first-order valence-electron chi connectivity index (χ1n) is 7.87. The van der Waals surface area contributed by atoms with Crippen molar-refractivity contribution >= 4 is 22.6 Å². The number of methoxy groups -OCH3 is 1. The number of anilines is 1. The van der Waals surface area contributed by atoms with Crippen molar-refractivity contribution in [2.75, 3.05) is 12.4 Å². The Morgan fingerprint density at radius 1 is 1.23 bits per heavy atom. The highest BCUT2D eigenvalue weighted by Crippen LogP contribution is 2.29. The van der Waals surface area contributed by atoms with Crippen LogP contribution in [-0.2, 0) is 0 Å². The molecule has 0 saturated carbocycles. The molecule has 4 rings (SSSR count). The summed E-state index contributed by atoms with van der Waals surface area (Å²) in [4.78, 5) is 12.7. The first kappa shape index (κ1) is 15.8. The molecule has 4 aromatic rings. The molecule has 0 spiro atoms. The lowest BCUT2D eigenvalue weighted by atomic mass is 10.1. The molecule has 2 heterocycles. The highest BCUT2D eigenvalue weighted by Gasteiger charge is 2.18. The standard InChI is InChI=1S/C18H15N5O3/c1-11-15-7-6-14(25-2)9-16(15)26-17(11)18(24)20-12-4-3-5-13(8-12)23-10-19-21-22-23/h3-10H,1-2H3,(H,20,24). The number of furan rings is 1. The van der Waals surface area contributed by atoms with Gasteiger partial charge in [-0.2, -0.15) is 0 Å². The number of tetrazole rings is 1. The zero-order valence-electron chi connectivity index (χ0n) is 14.1. The van der Waals surface area contributed by atoms with Gasteiger partial charge in [-0.25, -0.2) is 4.68 Å². The van der Waals surface area contributed by atoms with Crippen LogP contribution in [0, 0.1) is 6.92 Å². The first-order valence-corrected chi connectivity index (χ1v) is 7.87. The largest absolute Gasteiger partial charge is 0.497 e. The van der Waals surface area contributed by atoms with E-state index >= 15 is 0 Å². The predicted octanol–water partition coefficient (Wildman–Crippen LogP) is 2.98. The van der Waals surface area contributed by atoms with Crippen molar-refractivity contribution in [3.05, 3.63) is 60.1 Å². The van der Waals surface area contributed by atoms with Gasteiger partial charge in [-0.1, -0.05) is 6.07 Å². The van der Waals surface area contributed by atoms with Crippen LogP contribution in [0.3, 0.4) is 0 Å². The number of fused-ring (bicyclic) bond motifs is 1. The van der Waals surface area contributed by atoms with E-state index in [4.69, 9.17) is 9.15 Å². The number of rotatable bonds is 4. The van der Waals surface area contributed by atoms with Gasteiger partial charge < -0.3 is 14.5 Å². The highest BCUT2D eigenvalue weighted by molar-refractivity contribution is 6.06. The van der Waals surface area contributed by atoms with E-state index in [0.717, 1.165) is 16.6 Å². The number of amides is 1. The van der Waals surface area contributed by atoms with Gasteiger partial charge in [-0.15, -0.1) is 5.10 Å². The van der Waals surface area contributed by atoms with Crippen LogP contribution >= 0.6 is 0 Å². The summed E-state index contributed by atoms with van der Waals surface area (Å²) in [6.45, 7) is 1.85. The van der Waals surface area contributed by atoms with Crippen LogP contribution in [0.15, 0.2) is 53.2 Å². The Hall–Kier alpha value is -3.68. The number of aromatic nitrogens is 4. The Morgan fingerprint density at radius 3 is 2.88 bits per heavy atom. The fourth-order valence-corrected chi connectivity index (χ4v) is 2.74. The van der Waals surface area contributed by atoms with E-state index in [2.05, 4.69) is 20.8 Å². The van der Waals surface area contributed by atoms with Crippen LogP contribution in [-0.4, -0.2) is 33.2 Å². The van der Waals surface area contributed by atoms with Gasteiger partial charge in [0.05, 0.1) is 12.8 Å². The van der Waals surface area contributed by atoms with Crippen molar-refractivity contribution in [2.45, 2.75) is 6.92 Å². The van der Waals surface area contributed by atoms with E-state index < -0.39 is 0 Å². The monoisotopic (exact) mass is 349 g/mol. The summed E-state index contributed by atoms with van der Waals surface area (Å²) in [6.07, 6.45) is 1.48. The number of carbonyl (C=O) groups excluding carboxylic acids is 1. The van der Waals surface area contributed by atoms with E-state index in [0.29, 0.717) is 17.0 Å². The molecule has 130 valence electrons. The number of nitrogens with zero attached hydrogens (tertiary/aromatic N) is 4. The average Bonchev–Trinajstić information content (AvgIpc) is 3.30. The lowest BCUT2D eigenvalue weighted by molar-refractivity contribution is 0.0998. The van der Waals surface area contributed by atoms with E-state index in [-0.39, 0.29) is 11.7 Å². The third-order valence-electron chi connectivity index (χ3n) is 4.07. The SMILES string of the molecule is COc1ccc2c(C)c(C(=O)Nc3cccc(-n4cnnn4)c3)oc2c1. The van der Waals surface area contributed by atoms with Gasteiger partial charge in [0.25, 0.3) is 5.91 Å². The van der Waals surface area contributed by atoms with Crippen LogP contribution in [0.2, 0.25) is 0 Å². The van der Waals surface area contributed by atoms with Gasteiger partial charge in [0.15, 0.2) is 5.76 Å². The quantitative estimate of drug-likeness (QED) is 0.608. The Bertz CT molecular complexity index is 1090. The Kier molecular flexibility index (Phi) is 3.85. The third kappa shape index (κ3) is 2.77. The van der Waals surface area contributed by atoms with Crippen LogP contribution in [0.1, 0.15) is 16.1 Å². The number of ether oxygens (including phenoxy) is 1. The smallest absolute Gasteiger partial charge is 0.291 e. The summed E-state index contributed by atoms with van der Waals surface area (Å²) >= 11 is 0. The highest BCUT2D eigenvalue weighted by atomic mass is 16.5. The minimum atomic E-state index is -0.327. The predicted molar refractivity (Wildman–Crippen MR) is 94.6 cm³/mol. The number of carbonyl (C=O) groups is 1. The maximum Gasteiger partial charge on any atom is 0.291 e. The fraction of sp³-hybridized carbons (Fsp3) is 0.111. The van der Waals surface area contributed by atoms with Crippen LogP contribution in [0.4, 0.5) is 5.69 Å². The molecule has 0 atom stereocenters. The van der Waals surface area contributed by atoms with E-state index in [1.165, 1.54) is 11.0 Å². The fourth-order valence-electron chi connectivity index (χ4n) is 2.74. The van der Waals surface area contributed by atoms with Gasteiger partial charge in [-0.3, -0.25) is 4.79 Å². The molecule has 0 aliphatic carbocycles. The molecule has 8 heteroatoms. The van der Waals surface area contributed by atoms with Crippen molar-refractivity contribution in [3.8, 4) is 11.4 Å². The van der Waals surface area contributed by atoms with Gasteiger partial charge in [0, 0.05) is 22.7 Å². The van der Waals surface area contributed by atoms with Crippen LogP contribution in [0.25, 0.3) is 16.7 Å². The molecule has 1 amide bonds. The van der Waals surface area contributed by atoms with Crippen molar-refractivity contribution in [1.29, 1.82) is 0 Å². The minimum Gasteiger partial charge on any atom is -0.497 e. The molecule has 0 radical (unpaired) electrons. The molecule has 8 nitrogen and oxygen atoms in total. The Labute approximate surface area is 148 Å². The summed E-state index contributed by atoms with van der Waals surface area (Å²) in [5, 5.41) is 14.8. The summed E-state index contributed by atoms with van der Waals surface area (Å²) in [6, 6.07) is 12.7. The Balaban J connectivity index is 1.63. The molecule has 0 bridgehead atoms. The number of nitrogens with one attached hydrogen (secondary N) is 1. The van der Waals surface area contributed by atoms with Crippen LogP contribution < -0.4 is 10.1 Å². The van der Waals surface area contributed by atoms with E-state index in [1.54, 1.807) is 25.3 Å². The average molecular weight is 349 g/mol. The summed E-state index contributed by atoms with van der Waals surface area (Å²) in [7, 11) is 1.59. The third-order valence-corrected chi connectivity index (χ3v) is 4.07. The van der Waals surface area contributed by atoms with Gasteiger partial charge in [0.1, 0.15) is 17.7 Å². The van der Waals surface area contributed by atoms with Gasteiger partial charge in [-0.05, 0) is 47.7 Å². The minimum absolute atomic E-state index is 0.265. The molecule has 0 aliphatic heterocycles. The Morgan fingerprint density at radius 2 is 2.12 bits per heavy atom. The van der Waals surface area contributed by atoms with Gasteiger partial charge in [0.2, 0.25) is 0 Å². The zero-order chi connectivity index (χ0) is 18.1. The molecular formula is C18H15N5O3. The molecule has 0 aliphatic rings. The van der Waals surface area contributed by atoms with E-state index in [1.807, 2.05) is 31.2 Å². The van der Waals surface area contributed by atoms with Crippen molar-refractivity contribution in [3.63, 3.8) is 0 Å². The van der Waals surface area contributed by atoms with Crippen molar-refractivity contribution < 1.29 is 13.9 Å². The molecule has 2 aromatic heterocycles. The zero-order valence-corrected chi connectivity index (χ0v) is 14.1. The molecule has 1 N–H and O–H groups in total. The summed E-state index contributed by atoms with van der Waals surface area (Å²) in [5.74, 6) is 0.611. The maximum atomic E-state index is 12.7. The number of hydrogen-bond acceptors (Lipinski definition) is 6. The van der Waals surface area contributed by atoms with Crippen LogP contribution in [0.5, 0.6) is 5.75 Å². The second-order valence-electron chi connectivity index (χ2n) is 5.68. The first-order chi connectivity index (χ1) is 12.7. The number of benzene rings is 2. The van der Waals surface area contributed by atoms with Gasteiger partial charge >= 0.3 is 0 Å². The molecule has 0 saturated heterocycles. The lowest BCUT2D eigenvalue weighted by Gasteiger charge is -2.06. The number of hydrogen-bond donors (Lipinski definition) is 1. The second-order valence-corrected chi connectivity index (χ2v) is 5.68. The van der Waals surface area contributed by atoms with Crippen molar-refractivity contribution in [2.24, 2.45) is 0 Å². The molecule has 0 fully saturated rings. The second kappa shape index (κ2) is 6.32. The number of aryl methyl sites for hydroxylation is 1. The summed E-state index contributed by atoms with van der Waals surface area (Å²) in [5.41, 5.74) is 2.73. The lowest BCUT2D eigenvalue weighted by Crippen LogP contribution is -2.12. The molecule has 2 aromatic carbocycles. The maximum absolute atomic E-state index is 12.7. The normalized spacial score (nSPS) is 10.8. The van der Waals surface area contributed by atoms with E-state index in [9.17, 15) is 4.79 Å².